The maximum atomic E-state index is 6.19. The summed E-state index contributed by atoms with van der Waals surface area (Å²) in [5.74, 6) is 0. The van der Waals surface area contributed by atoms with Crippen molar-refractivity contribution in [2.45, 2.75) is 26.2 Å². The molecule has 0 fully saturated rings. The molecule has 0 saturated carbocycles. The summed E-state index contributed by atoms with van der Waals surface area (Å²) in [5, 5.41) is 2.49. The highest BCUT2D eigenvalue weighted by atomic mass is 32.1. The highest BCUT2D eigenvalue weighted by Gasteiger charge is 2.22. The molecule has 0 radical (unpaired) electrons. The molecule has 6 aromatic rings. The Morgan fingerprint density at radius 1 is 0.767 bits per heavy atom. The molecule has 0 N–H and O–H groups in total. The van der Waals surface area contributed by atoms with E-state index >= 15 is 0 Å². The lowest BCUT2D eigenvalue weighted by molar-refractivity contribution is 0.591. The third-order valence-corrected chi connectivity index (χ3v) is 6.94. The van der Waals surface area contributed by atoms with Gasteiger partial charge in [-0.3, -0.25) is 4.98 Å². The average molecular weight is 408 g/mol. The zero-order valence-electron chi connectivity index (χ0n) is 17.2. The maximum Gasteiger partial charge on any atom is 0.137 e. The lowest BCUT2D eigenvalue weighted by atomic mass is 9.82. The summed E-state index contributed by atoms with van der Waals surface area (Å²) in [7, 11) is 0. The Labute approximate surface area is 179 Å². The predicted molar refractivity (Wildman–Crippen MR) is 128 cm³/mol. The summed E-state index contributed by atoms with van der Waals surface area (Å²) < 4.78 is 8.72. The molecule has 0 aliphatic heterocycles. The van der Waals surface area contributed by atoms with Crippen LogP contribution in [-0.4, -0.2) is 4.98 Å². The molecule has 0 unspecified atom stereocenters. The van der Waals surface area contributed by atoms with Crippen LogP contribution in [0.4, 0.5) is 0 Å². The highest BCUT2D eigenvalue weighted by Crippen LogP contribution is 2.44. The van der Waals surface area contributed by atoms with Crippen LogP contribution < -0.4 is 0 Å². The standard InChI is InChI=1S/C27H21NOS/c1-27(2,3)19-14-20(28-15-18(19)16-8-5-4-6-9-16)17-12-22-26-24(13-17)30-23-11-7-10-21(29-22)25(23)26/h4-15H,1-3H3. The largest absolute Gasteiger partial charge is 0.456 e. The molecule has 0 amide bonds. The molecule has 2 nitrogen and oxygen atoms in total. The molecule has 0 aliphatic rings. The number of pyridine rings is 1. The van der Waals surface area contributed by atoms with Crippen molar-refractivity contribution in [1.82, 2.24) is 4.98 Å². The molecule has 0 bridgehead atoms. The first-order valence-electron chi connectivity index (χ1n) is 10.2. The van der Waals surface area contributed by atoms with Crippen LogP contribution in [0.5, 0.6) is 0 Å². The molecular weight excluding hydrogens is 386 g/mol. The van der Waals surface area contributed by atoms with Gasteiger partial charge in [-0.05, 0) is 46.9 Å². The summed E-state index contributed by atoms with van der Waals surface area (Å²) in [6, 6.07) is 23.5. The molecule has 0 spiro atoms. The number of hydrogen-bond donors (Lipinski definition) is 0. The molecule has 146 valence electrons. The summed E-state index contributed by atoms with van der Waals surface area (Å²) in [6.45, 7) is 6.78. The van der Waals surface area contributed by atoms with E-state index in [0.717, 1.165) is 22.4 Å². The minimum atomic E-state index is 0.00502. The minimum absolute atomic E-state index is 0.00502. The number of furan rings is 1. The molecule has 3 aromatic carbocycles. The van der Waals surface area contributed by atoms with E-state index in [-0.39, 0.29) is 5.41 Å². The van der Waals surface area contributed by atoms with Gasteiger partial charge in [-0.25, -0.2) is 0 Å². The molecule has 0 saturated heterocycles. The SMILES string of the molecule is CC(C)(C)c1cc(-c2cc3oc4cccc5sc(c2)c3c45)ncc1-c1ccccc1. The van der Waals surface area contributed by atoms with E-state index in [9.17, 15) is 0 Å². The van der Waals surface area contributed by atoms with Gasteiger partial charge in [0.05, 0.1) is 5.69 Å². The van der Waals surface area contributed by atoms with E-state index in [1.165, 1.54) is 36.9 Å². The highest BCUT2D eigenvalue weighted by molar-refractivity contribution is 7.26. The van der Waals surface area contributed by atoms with Crippen LogP contribution in [0.25, 0.3) is 53.7 Å². The molecular formula is C27H21NOS. The van der Waals surface area contributed by atoms with Gasteiger partial charge in [-0.2, -0.15) is 0 Å². The summed E-state index contributed by atoms with van der Waals surface area (Å²) in [5.41, 5.74) is 7.71. The Bertz CT molecular complexity index is 1460. The van der Waals surface area contributed by atoms with E-state index in [1.54, 1.807) is 0 Å². The number of aromatic nitrogens is 1. The van der Waals surface area contributed by atoms with Gasteiger partial charge in [-0.15, -0.1) is 11.3 Å². The number of benzene rings is 3. The first-order valence-corrected chi connectivity index (χ1v) is 11.0. The first kappa shape index (κ1) is 17.7. The van der Waals surface area contributed by atoms with Gasteiger partial charge in [0, 0.05) is 37.5 Å². The van der Waals surface area contributed by atoms with Crippen molar-refractivity contribution < 1.29 is 4.42 Å². The smallest absolute Gasteiger partial charge is 0.137 e. The number of hydrogen-bond acceptors (Lipinski definition) is 3. The van der Waals surface area contributed by atoms with Crippen molar-refractivity contribution in [2.75, 3.05) is 0 Å². The van der Waals surface area contributed by atoms with Crippen molar-refractivity contribution in [3.05, 3.63) is 78.5 Å². The van der Waals surface area contributed by atoms with E-state index < -0.39 is 0 Å². The lowest BCUT2D eigenvalue weighted by Gasteiger charge is -2.24. The summed E-state index contributed by atoms with van der Waals surface area (Å²) in [6.07, 6.45) is 2.03. The third-order valence-electron chi connectivity index (χ3n) is 5.84. The van der Waals surface area contributed by atoms with Gasteiger partial charge in [-0.1, -0.05) is 57.2 Å². The Morgan fingerprint density at radius 2 is 1.57 bits per heavy atom. The van der Waals surface area contributed by atoms with Crippen molar-refractivity contribution in [3.63, 3.8) is 0 Å². The zero-order chi connectivity index (χ0) is 20.5. The predicted octanol–water partition coefficient (Wildman–Crippen LogP) is 8.27. The Morgan fingerprint density at radius 3 is 2.37 bits per heavy atom. The first-order chi connectivity index (χ1) is 14.5. The quantitative estimate of drug-likeness (QED) is 0.289. The van der Waals surface area contributed by atoms with Gasteiger partial charge >= 0.3 is 0 Å². The van der Waals surface area contributed by atoms with Gasteiger partial charge in [0.15, 0.2) is 0 Å². The van der Waals surface area contributed by atoms with Gasteiger partial charge in [0.25, 0.3) is 0 Å². The van der Waals surface area contributed by atoms with Gasteiger partial charge in [0.1, 0.15) is 11.2 Å². The molecule has 0 aliphatic carbocycles. The lowest BCUT2D eigenvalue weighted by Crippen LogP contribution is -2.13. The fraction of sp³-hybridized carbons (Fsp3) is 0.148. The molecule has 30 heavy (non-hydrogen) atoms. The normalized spacial score (nSPS) is 12.5. The second kappa shape index (κ2) is 6.16. The summed E-state index contributed by atoms with van der Waals surface area (Å²) >= 11 is 1.83. The van der Waals surface area contributed by atoms with E-state index in [0.29, 0.717) is 0 Å². The van der Waals surface area contributed by atoms with Crippen LogP contribution in [0.15, 0.2) is 77.3 Å². The van der Waals surface area contributed by atoms with Gasteiger partial charge in [0.2, 0.25) is 0 Å². The Kier molecular flexibility index (Phi) is 3.63. The minimum Gasteiger partial charge on any atom is -0.456 e. The summed E-state index contributed by atoms with van der Waals surface area (Å²) in [4.78, 5) is 4.88. The van der Waals surface area contributed by atoms with Crippen LogP contribution in [0, 0.1) is 0 Å². The molecule has 6 rings (SSSR count). The van der Waals surface area contributed by atoms with Crippen molar-refractivity contribution in [3.8, 4) is 22.4 Å². The molecule has 3 aromatic heterocycles. The molecule has 3 heterocycles. The van der Waals surface area contributed by atoms with Crippen LogP contribution >= 0.6 is 11.3 Å². The van der Waals surface area contributed by atoms with Crippen molar-refractivity contribution in [2.24, 2.45) is 0 Å². The average Bonchev–Trinajstić information content (AvgIpc) is 3.32. The van der Waals surface area contributed by atoms with Crippen LogP contribution in [0.1, 0.15) is 26.3 Å². The fourth-order valence-corrected chi connectivity index (χ4v) is 5.57. The topological polar surface area (TPSA) is 26.0 Å². The third kappa shape index (κ3) is 2.59. The van der Waals surface area contributed by atoms with E-state index in [2.05, 4.69) is 87.5 Å². The fourth-order valence-electron chi connectivity index (χ4n) is 4.39. The zero-order valence-corrected chi connectivity index (χ0v) is 18.0. The van der Waals surface area contributed by atoms with Crippen LogP contribution in [-0.2, 0) is 5.41 Å². The Balaban J connectivity index is 1.58. The maximum absolute atomic E-state index is 6.19. The molecule has 3 heteroatoms. The van der Waals surface area contributed by atoms with E-state index in [1.807, 2.05) is 17.5 Å². The number of rotatable bonds is 2. The molecule has 0 atom stereocenters. The van der Waals surface area contributed by atoms with Crippen molar-refractivity contribution in [1.29, 1.82) is 0 Å². The Hall–Kier alpha value is -3.17. The van der Waals surface area contributed by atoms with Crippen molar-refractivity contribution >= 4 is 42.7 Å². The van der Waals surface area contributed by atoms with Crippen LogP contribution in [0.3, 0.4) is 0 Å². The number of thiophene rings is 1. The van der Waals surface area contributed by atoms with Crippen LogP contribution in [0.2, 0.25) is 0 Å². The number of nitrogens with zero attached hydrogens (tertiary/aromatic N) is 1. The second-order valence-electron chi connectivity index (χ2n) is 8.91. The second-order valence-corrected chi connectivity index (χ2v) is 10.00. The van der Waals surface area contributed by atoms with Gasteiger partial charge < -0.3 is 4.42 Å². The van der Waals surface area contributed by atoms with E-state index in [4.69, 9.17) is 9.40 Å². The monoisotopic (exact) mass is 407 g/mol.